The number of ketones is 1. The molecule has 0 unspecified atom stereocenters. The van der Waals surface area contributed by atoms with Gasteiger partial charge in [0.2, 0.25) is 5.91 Å². The van der Waals surface area contributed by atoms with Crippen molar-refractivity contribution in [3.8, 4) is 5.75 Å². The highest BCUT2D eigenvalue weighted by molar-refractivity contribution is 7.99. The van der Waals surface area contributed by atoms with E-state index in [4.69, 9.17) is 4.74 Å². The average molecular weight is 417 g/mol. The number of piperazine rings is 1. The Balaban J connectivity index is 1.49. The molecule has 29 heavy (non-hydrogen) atoms. The molecule has 0 aliphatic carbocycles. The number of hydrogen-bond acceptors (Lipinski definition) is 5. The van der Waals surface area contributed by atoms with Crippen LogP contribution in [0.1, 0.15) is 22.8 Å². The number of halogens is 1. The minimum Gasteiger partial charge on any atom is -0.496 e. The predicted octanol–water partition coefficient (Wildman–Crippen LogP) is 3.62. The predicted molar refractivity (Wildman–Crippen MR) is 114 cm³/mol. The summed E-state index contributed by atoms with van der Waals surface area (Å²) in [6.07, 6.45) is 0. The highest BCUT2D eigenvalue weighted by Crippen LogP contribution is 2.25. The maximum absolute atomic E-state index is 13.1. The van der Waals surface area contributed by atoms with Gasteiger partial charge in [-0.25, -0.2) is 4.39 Å². The molecule has 1 saturated heterocycles. The summed E-state index contributed by atoms with van der Waals surface area (Å²) in [5.74, 6) is 1.58. The van der Waals surface area contributed by atoms with Crippen LogP contribution in [0.5, 0.6) is 5.75 Å². The van der Waals surface area contributed by atoms with Gasteiger partial charge in [-0.2, -0.15) is 0 Å². The molecule has 5 nitrogen and oxygen atoms in total. The van der Waals surface area contributed by atoms with Gasteiger partial charge >= 0.3 is 0 Å². The van der Waals surface area contributed by atoms with E-state index in [9.17, 15) is 14.0 Å². The first-order chi connectivity index (χ1) is 14.0. The number of methoxy groups -OCH3 is 1. The van der Waals surface area contributed by atoms with Crippen LogP contribution in [0.15, 0.2) is 42.5 Å². The molecule has 0 atom stereocenters. The molecule has 154 valence electrons. The van der Waals surface area contributed by atoms with Crippen molar-refractivity contribution in [1.82, 2.24) is 4.90 Å². The molecule has 0 bridgehead atoms. The van der Waals surface area contributed by atoms with Gasteiger partial charge in [0.25, 0.3) is 0 Å². The fourth-order valence-corrected chi connectivity index (χ4v) is 4.22. The van der Waals surface area contributed by atoms with Gasteiger partial charge < -0.3 is 14.5 Å². The van der Waals surface area contributed by atoms with E-state index < -0.39 is 0 Å². The molecule has 2 aromatic rings. The lowest BCUT2D eigenvalue weighted by atomic mass is 10.1. The lowest BCUT2D eigenvalue weighted by Gasteiger charge is -2.36. The van der Waals surface area contributed by atoms with E-state index >= 15 is 0 Å². The second-order valence-electron chi connectivity index (χ2n) is 6.92. The van der Waals surface area contributed by atoms with Gasteiger partial charge in [-0.15, -0.1) is 11.8 Å². The zero-order valence-corrected chi connectivity index (χ0v) is 17.5. The Labute approximate surface area is 174 Å². The monoisotopic (exact) mass is 416 g/mol. The van der Waals surface area contributed by atoms with E-state index in [0.29, 0.717) is 30.2 Å². The first kappa shape index (κ1) is 21.2. The minimum atomic E-state index is -0.245. The fourth-order valence-electron chi connectivity index (χ4n) is 3.32. The lowest BCUT2D eigenvalue weighted by Crippen LogP contribution is -2.49. The van der Waals surface area contributed by atoms with Crippen LogP contribution in [0, 0.1) is 5.82 Å². The number of Topliss-reactive ketones (excluding diaryl/α,β-unsaturated/α-hetero) is 1. The molecule has 0 radical (unpaired) electrons. The SMILES string of the molecule is COc1ccc(C(C)=O)cc1CSCC(=O)N1CCN(c2ccc(F)cc2)CC1. The molecule has 1 heterocycles. The van der Waals surface area contributed by atoms with Gasteiger partial charge in [0.05, 0.1) is 12.9 Å². The Kier molecular flexibility index (Phi) is 7.14. The summed E-state index contributed by atoms with van der Waals surface area (Å²) in [5, 5.41) is 0. The van der Waals surface area contributed by atoms with Crippen LogP contribution in [0.3, 0.4) is 0 Å². The summed E-state index contributed by atoms with van der Waals surface area (Å²) in [6.45, 7) is 4.31. The van der Waals surface area contributed by atoms with Crippen LogP contribution in [0.2, 0.25) is 0 Å². The van der Waals surface area contributed by atoms with Gasteiger partial charge in [0, 0.05) is 48.7 Å². The molecule has 3 rings (SSSR count). The molecule has 1 fully saturated rings. The highest BCUT2D eigenvalue weighted by atomic mass is 32.2. The molecule has 1 aliphatic rings. The normalized spacial score (nSPS) is 14.0. The van der Waals surface area contributed by atoms with Crippen LogP contribution < -0.4 is 9.64 Å². The van der Waals surface area contributed by atoms with E-state index in [1.807, 2.05) is 11.0 Å². The van der Waals surface area contributed by atoms with Crippen molar-refractivity contribution in [2.75, 3.05) is 43.9 Å². The molecule has 0 saturated carbocycles. The molecule has 2 aromatic carbocycles. The summed E-state index contributed by atoms with van der Waals surface area (Å²) in [7, 11) is 1.60. The van der Waals surface area contributed by atoms with Gasteiger partial charge in [0.1, 0.15) is 11.6 Å². The van der Waals surface area contributed by atoms with Gasteiger partial charge in [-0.3, -0.25) is 9.59 Å². The Bertz CT molecular complexity index is 865. The van der Waals surface area contributed by atoms with Crippen LogP contribution in [0.25, 0.3) is 0 Å². The quantitative estimate of drug-likeness (QED) is 0.646. The van der Waals surface area contributed by atoms with Crippen molar-refractivity contribution >= 4 is 29.1 Å². The molecule has 0 spiro atoms. The van der Waals surface area contributed by atoms with Gasteiger partial charge in [-0.05, 0) is 49.4 Å². The smallest absolute Gasteiger partial charge is 0.232 e. The van der Waals surface area contributed by atoms with E-state index in [1.165, 1.54) is 30.8 Å². The van der Waals surface area contributed by atoms with Crippen LogP contribution in [-0.2, 0) is 10.5 Å². The van der Waals surface area contributed by atoms with E-state index in [0.717, 1.165) is 30.1 Å². The molecular formula is C22H25FN2O3S. The van der Waals surface area contributed by atoms with Crippen molar-refractivity contribution in [3.05, 3.63) is 59.4 Å². The maximum atomic E-state index is 13.1. The summed E-state index contributed by atoms with van der Waals surface area (Å²) in [5.41, 5.74) is 2.54. The number of carbonyl (C=O) groups excluding carboxylic acids is 2. The number of benzene rings is 2. The Morgan fingerprint density at radius 1 is 1.07 bits per heavy atom. The first-order valence-corrected chi connectivity index (χ1v) is 10.7. The highest BCUT2D eigenvalue weighted by Gasteiger charge is 2.21. The fraction of sp³-hybridized carbons (Fsp3) is 0.364. The zero-order valence-electron chi connectivity index (χ0n) is 16.7. The van der Waals surface area contributed by atoms with E-state index in [1.54, 1.807) is 31.4 Å². The number of carbonyl (C=O) groups is 2. The third kappa shape index (κ3) is 5.50. The number of ether oxygens (including phenoxy) is 1. The molecule has 0 N–H and O–H groups in total. The maximum Gasteiger partial charge on any atom is 0.232 e. The third-order valence-electron chi connectivity index (χ3n) is 4.99. The molecule has 1 amide bonds. The zero-order chi connectivity index (χ0) is 20.8. The van der Waals surface area contributed by atoms with Crippen LogP contribution in [0.4, 0.5) is 10.1 Å². The number of anilines is 1. The standard InChI is InChI=1S/C22H25FN2O3S/c1-16(26)17-3-8-21(28-2)18(13-17)14-29-15-22(27)25-11-9-24(10-12-25)20-6-4-19(23)5-7-20/h3-8,13H,9-12,14-15H2,1-2H3. The van der Waals surface area contributed by atoms with Crippen molar-refractivity contribution < 1.29 is 18.7 Å². The summed E-state index contributed by atoms with van der Waals surface area (Å²) >= 11 is 1.52. The minimum absolute atomic E-state index is 0.00834. The van der Waals surface area contributed by atoms with Gasteiger partial charge in [-0.1, -0.05) is 0 Å². The van der Waals surface area contributed by atoms with Crippen molar-refractivity contribution in [2.45, 2.75) is 12.7 Å². The second kappa shape index (κ2) is 9.78. The Morgan fingerprint density at radius 2 is 1.76 bits per heavy atom. The summed E-state index contributed by atoms with van der Waals surface area (Å²) in [6, 6.07) is 11.8. The number of rotatable bonds is 7. The first-order valence-electron chi connectivity index (χ1n) is 9.52. The topological polar surface area (TPSA) is 49.9 Å². The molecule has 0 aromatic heterocycles. The van der Waals surface area contributed by atoms with Crippen molar-refractivity contribution in [1.29, 1.82) is 0 Å². The van der Waals surface area contributed by atoms with Crippen LogP contribution in [-0.4, -0.2) is 55.6 Å². The molecular weight excluding hydrogens is 391 g/mol. The Hall–Kier alpha value is -2.54. The van der Waals surface area contributed by atoms with Gasteiger partial charge in [0.15, 0.2) is 5.78 Å². The summed E-state index contributed by atoms with van der Waals surface area (Å²) in [4.78, 5) is 28.2. The molecule has 7 heteroatoms. The van der Waals surface area contributed by atoms with E-state index in [2.05, 4.69) is 4.90 Å². The number of hydrogen-bond donors (Lipinski definition) is 0. The third-order valence-corrected chi connectivity index (χ3v) is 5.96. The van der Waals surface area contributed by atoms with Crippen molar-refractivity contribution in [2.24, 2.45) is 0 Å². The summed E-state index contributed by atoms with van der Waals surface area (Å²) < 4.78 is 18.4. The largest absolute Gasteiger partial charge is 0.496 e. The van der Waals surface area contributed by atoms with E-state index in [-0.39, 0.29) is 17.5 Å². The van der Waals surface area contributed by atoms with Crippen molar-refractivity contribution in [3.63, 3.8) is 0 Å². The number of amides is 1. The number of nitrogens with zero attached hydrogens (tertiary/aromatic N) is 2. The number of thioether (sulfide) groups is 1. The average Bonchev–Trinajstić information content (AvgIpc) is 2.74. The Morgan fingerprint density at radius 3 is 2.38 bits per heavy atom. The van der Waals surface area contributed by atoms with Crippen LogP contribution >= 0.6 is 11.8 Å². The molecule has 1 aliphatic heterocycles. The second-order valence-corrected chi connectivity index (χ2v) is 7.91. The lowest BCUT2D eigenvalue weighted by molar-refractivity contribution is -0.128.